The third kappa shape index (κ3) is 14.1. The van der Waals surface area contributed by atoms with E-state index < -0.39 is 0 Å². The van der Waals surface area contributed by atoms with Crippen molar-refractivity contribution in [3.8, 4) is 102 Å². The molecule has 17 aromatic rings. The van der Waals surface area contributed by atoms with Crippen molar-refractivity contribution in [3.05, 3.63) is 222 Å². The standard InChI is InChI=1S/C21H15N3O4.3C14H12N2O2.C14H12N2OS/c1-10-2-4-18-14(6-10)23-20(27-18)12-8-17(26)13(9-16(12)25)21-24-15-7-11(22)3-5-19(15)28-21;1-8-2-4-12(17)10(6-8)14-16-11-7-9(15)3-5-13(11)18-14;1-8-2-4-10(12(17)6-8)14-16-11-7-9(15)3-5-13(11)18-14;1-8-2-4-10(12(17)6-8)14-16-11-5-3-9(15)7-13(11)18-14;1-8-2-4-10(12(17)6-8)14-16-11-7-9(15)3-5-13(11)18-14/h2-9,25-26H,22H2,1H3;4*2-7,17H,15H2,1H3. The van der Waals surface area contributed by atoms with Crippen LogP contribution in [-0.4, -0.2) is 60.5 Å². The Hall–Kier alpha value is -13.5. The fraction of sp³-hybridized carbons (Fsp3) is 0.0649. The summed E-state index contributed by atoms with van der Waals surface area (Å²) >= 11 is 1.55. The minimum atomic E-state index is -0.120. The Kier molecular flexibility index (Phi) is 17.5. The van der Waals surface area contributed by atoms with Gasteiger partial charge in [-0.05, 0) is 215 Å². The summed E-state index contributed by atoms with van der Waals surface area (Å²) < 4.78 is 29.3. The molecule has 6 heterocycles. The number of phenolic OH excluding ortho intramolecular Hbond substituents is 6. The summed E-state index contributed by atoms with van der Waals surface area (Å²) in [4.78, 5) is 26.2. The van der Waals surface area contributed by atoms with Gasteiger partial charge in [0.1, 0.15) is 67.1 Å². The maximum absolute atomic E-state index is 10.5. The van der Waals surface area contributed by atoms with Crippen LogP contribution in [0.4, 0.5) is 28.4 Å². The first-order valence-electron chi connectivity index (χ1n) is 31.0. The number of hydrogen-bond acceptors (Lipinski definition) is 23. The predicted octanol–water partition coefficient (Wildman–Crippen LogP) is 17.4. The lowest BCUT2D eigenvalue weighted by atomic mass is 10.1. The van der Waals surface area contributed by atoms with E-state index in [0.717, 1.165) is 54.1 Å². The normalized spacial score (nSPS) is 11.1. The molecule has 22 nitrogen and oxygen atoms in total. The minimum Gasteiger partial charge on any atom is -0.507 e. The summed E-state index contributed by atoms with van der Waals surface area (Å²) in [6, 6.07) is 56.6. The molecule has 0 fully saturated rings. The molecule has 0 spiro atoms. The summed E-state index contributed by atoms with van der Waals surface area (Å²) in [5.41, 5.74) is 47.1. The third-order valence-electron chi connectivity index (χ3n) is 15.7. The Balaban J connectivity index is 0.000000114. The lowest BCUT2D eigenvalue weighted by molar-refractivity contribution is 0.458. The maximum atomic E-state index is 10.5. The van der Waals surface area contributed by atoms with Gasteiger partial charge in [-0.2, -0.15) is 0 Å². The van der Waals surface area contributed by atoms with Crippen molar-refractivity contribution >= 4 is 105 Å². The number of anilines is 5. The Morgan fingerprint density at radius 2 is 0.570 bits per heavy atom. The highest BCUT2D eigenvalue weighted by Crippen LogP contribution is 2.42. The van der Waals surface area contributed by atoms with Crippen LogP contribution in [0.2, 0.25) is 0 Å². The second-order valence-electron chi connectivity index (χ2n) is 23.7. The number of aromatic nitrogens is 6. The average Bonchev–Trinajstić information content (AvgIpc) is 1.64. The van der Waals surface area contributed by atoms with Crippen molar-refractivity contribution in [3.63, 3.8) is 0 Å². The average molecular weight is 1350 g/mol. The number of aryl methyl sites for hydroxylation is 5. The number of oxazole rings is 5. The van der Waals surface area contributed by atoms with E-state index in [1.807, 2.05) is 107 Å². The van der Waals surface area contributed by atoms with E-state index in [2.05, 4.69) is 29.9 Å². The number of nitrogen functional groups attached to an aromatic ring is 5. The van der Waals surface area contributed by atoms with Crippen LogP contribution in [0.3, 0.4) is 0 Å². The highest BCUT2D eigenvalue weighted by molar-refractivity contribution is 7.21. The zero-order valence-electron chi connectivity index (χ0n) is 54.2. The van der Waals surface area contributed by atoms with Crippen LogP contribution in [0.5, 0.6) is 34.5 Å². The molecule has 0 aliphatic heterocycles. The molecule has 0 saturated carbocycles. The summed E-state index contributed by atoms with van der Waals surface area (Å²) in [5.74, 6) is 2.09. The van der Waals surface area contributed by atoms with Crippen LogP contribution in [0.15, 0.2) is 216 Å². The molecule has 100 heavy (non-hydrogen) atoms. The molecule has 6 aromatic heterocycles. The molecule has 0 aliphatic rings. The quantitative estimate of drug-likeness (QED) is 0.0544. The van der Waals surface area contributed by atoms with Crippen molar-refractivity contribution in [2.75, 3.05) is 28.7 Å². The van der Waals surface area contributed by atoms with Gasteiger partial charge in [-0.1, -0.05) is 35.9 Å². The van der Waals surface area contributed by atoms with Crippen LogP contribution < -0.4 is 28.7 Å². The van der Waals surface area contributed by atoms with Crippen LogP contribution in [0.25, 0.3) is 134 Å². The Morgan fingerprint density at radius 3 is 1.04 bits per heavy atom. The largest absolute Gasteiger partial charge is 0.507 e. The van der Waals surface area contributed by atoms with Gasteiger partial charge in [0.05, 0.1) is 43.6 Å². The monoisotopic (exact) mass is 1350 g/mol. The van der Waals surface area contributed by atoms with E-state index in [9.17, 15) is 30.6 Å². The Morgan fingerprint density at radius 1 is 0.250 bits per heavy atom. The summed E-state index contributed by atoms with van der Waals surface area (Å²) in [6.07, 6.45) is 0. The molecule has 17 rings (SSSR count). The summed E-state index contributed by atoms with van der Waals surface area (Å²) in [7, 11) is 0. The van der Waals surface area contributed by atoms with Crippen molar-refractivity contribution in [2.45, 2.75) is 34.6 Å². The fourth-order valence-electron chi connectivity index (χ4n) is 10.7. The van der Waals surface area contributed by atoms with E-state index in [-0.39, 0.29) is 57.4 Å². The Bertz CT molecular complexity index is 5540. The zero-order chi connectivity index (χ0) is 70.2. The van der Waals surface area contributed by atoms with E-state index in [0.29, 0.717) is 113 Å². The molecule has 0 atom stereocenters. The van der Waals surface area contributed by atoms with Gasteiger partial charge in [0, 0.05) is 34.5 Å². The zero-order valence-corrected chi connectivity index (χ0v) is 55.0. The topological polar surface area (TPSA) is 395 Å². The predicted molar refractivity (Wildman–Crippen MR) is 392 cm³/mol. The minimum absolute atomic E-state index is 0.113. The molecule has 0 amide bonds. The first kappa shape index (κ1) is 65.1. The van der Waals surface area contributed by atoms with E-state index in [4.69, 9.17) is 50.8 Å². The highest BCUT2D eigenvalue weighted by Gasteiger charge is 2.22. The van der Waals surface area contributed by atoms with Gasteiger partial charge in [-0.15, -0.1) is 11.3 Å². The number of nitrogens with two attached hydrogens (primary N) is 5. The molecule has 0 aliphatic carbocycles. The molecular formula is C77H63N11O11S. The second kappa shape index (κ2) is 26.9. The third-order valence-corrected chi connectivity index (χ3v) is 16.8. The number of phenols is 6. The van der Waals surface area contributed by atoms with Crippen molar-refractivity contribution in [1.29, 1.82) is 0 Å². The molecule has 0 radical (unpaired) electrons. The molecule has 23 heteroatoms. The van der Waals surface area contributed by atoms with Crippen molar-refractivity contribution in [2.24, 2.45) is 0 Å². The van der Waals surface area contributed by atoms with Crippen LogP contribution in [0, 0.1) is 34.6 Å². The van der Waals surface area contributed by atoms with Gasteiger partial charge >= 0.3 is 0 Å². The van der Waals surface area contributed by atoms with E-state index >= 15 is 0 Å². The van der Waals surface area contributed by atoms with Gasteiger partial charge in [-0.3, -0.25) is 0 Å². The molecule has 498 valence electrons. The van der Waals surface area contributed by atoms with Gasteiger partial charge in [0.15, 0.2) is 27.9 Å². The SMILES string of the molecule is Cc1ccc(-c2nc3cc(N)ccc3o2)c(O)c1.Cc1ccc(-c2nc3cc(N)ccc3s2)c(O)c1.Cc1ccc(-c2nc3ccc(N)cc3o2)c(O)c1.Cc1ccc(O)c(-c2nc3cc(N)ccc3o2)c1.Cc1ccc2oc(-c3cc(O)c(-c4nc5cc(N)ccc5o4)cc3O)nc2c1. The second-order valence-corrected chi connectivity index (χ2v) is 24.7. The number of nitrogens with zero attached hydrogens (tertiary/aromatic N) is 6. The number of rotatable bonds is 6. The number of benzene rings is 11. The van der Waals surface area contributed by atoms with Gasteiger partial charge in [0.25, 0.3) is 0 Å². The molecular weight excluding hydrogens is 1290 g/mol. The first-order valence-corrected chi connectivity index (χ1v) is 31.8. The van der Waals surface area contributed by atoms with Crippen LogP contribution in [0.1, 0.15) is 27.8 Å². The molecule has 11 aromatic carbocycles. The van der Waals surface area contributed by atoms with Gasteiger partial charge in [-0.25, -0.2) is 29.9 Å². The number of thiazole rings is 1. The van der Waals surface area contributed by atoms with Gasteiger partial charge in [0.2, 0.25) is 29.5 Å². The van der Waals surface area contributed by atoms with E-state index in [1.54, 1.807) is 121 Å². The number of hydrogen-bond donors (Lipinski definition) is 11. The smallest absolute Gasteiger partial charge is 0.231 e. The molecule has 0 saturated heterocycles. The molecule has 0 bridgehead atoms. The highest BCUT2D eigenvalue weighted by atomic mass is 32.1. The van der Waals surface area contributed by atoms with Gasteiger partial charge < -0.3 is 81.4 Å². The lowest BCUT2D eigenvalue weighted by Crippen LogP contribution is -1.85. The van der Waals surface area contributed by atoms with E-state index in [1.165, 1.54) is 12.1 Å². The number of aromatic hydroxyl groups is 6. The molecule has 0 unspecified atom stereocenters. The lowest BCUT2D eigenvalue weighted by Gasteiger charge is -2.05. The van der Waals surface area contributed by atoms with Crippen LogP contribution >= 0.6 is 11.3 Å². The summed E-state index contributed by atoms with van der Waals surface area (Å²) in [6.45, 7) is 9.68. The fourth-order valence-corrected chi connectivity index (χ4v) is 11.6. The van der Waals surface area contributed by atoms with Crippen molar-refractivity contribution in [1.82, 2.24) is 29.9 Å². The first-order chi connectivity index (χ1) is 48.0. The van der Waals surface area contributed by atoms with Crippen molar-refractivity contribution < 1.29 is 52.7 Å². The molecule has 16 N–H and O–H groups in total. The summed E-state index contributed by atoms with van der Waals surface area (Å²) in [5, 5.41) is 61.5. The Labute approximate surface area is 572 Å². The number of fused-ring (bicyclic) bond motifs is 6. The maximum Gasteiger partial charge on any atom is 0.231 e. The van der Waals surface area contributed by atoms with Crippen LogP contribution in [-0.2, 0) is 0 Å².